The van der Waals surface area contributed by atoms with E-state index in [0.29, 0.717) is 0 Å². The van der Waals surface area contributed by atoms with Crippen LogP contribution in [0.4, 0.5) is 0 Å². The second-order valence-electron chi connectivity index (χ2n) is 3.73. The zero-order chi connectivity index (χ0) is 12.1. The zero-order valence-electron chi connectivity index (χ0n) is 9.74. The molecule has 0 fully saturated rings. The third-order valence-electron chi connectivity index (χ3n) is 2.46. The number of amides is 1. The molecular formula is C12H16BrNOS. The van der Waals surface area contributed by atoms with E-state index in [0.717, 1.165) is 15.8 Å². The van der Waals surface area contributed by atoms with Crippen LogP contribution in [0, 0.1) is 0 Å². The normalized spacial score (nSPS) is 12.2. The number of halogens is 1. The van der Waals surface area contributed by atoms with E-state index in [9.17, 15) is 4.79 Å². The Morgan fingerprint density at radius 2 is 2.25 bits per heavy atom. The first kappa shape index (κ1) is 13.6. The van der Waals surface area contributed by atoms with E-state index in [2.05, 4.69) is 22.9 Å². The van der Waals surface area contributed by atoms with Crippen molar-refractivity contribution < 1.29 is 4.79 Å². The quantitative estimate of drug-likeness (QED) is 0.851. The van der Waals surface area contributed by atoms with E-state index in [1.165, 1.54) is 0 Å². The summed E-state index contributed by atoms with van der Waals surface area (Å²) in [5.41, 5.74) is 0.727. The van der Waals surface area contributed by atoms with Crippen LogP contribution < -0.4 is 0 Å². The van der Waals surface area contributed by atoms with Crippen LogP contribution in [0.2, 0.25) is 0 Å². The van der Waals surface area contributed by atoms with Gasteiger partial charge in [-0.3, -0.25) is 4.79 Å². The Hall–Kier alpha value is -0.480. The molecule has 0 saturated carbocycles. The Labute approximate surface area is 110 Å². The molecule has 0 radical (unpaired) electrons. The molecule has 16 heavy (non-hydrogen) atoms. The number of carbonyl (C=O) groups is 1. The number of benzene rings is 1. The van der Waals surface area contributed by atoms with Gasteiger partial charge < -0.3 is 4.90 Å². The third-order valence-corrected chi connectivity index (χ3v) is 3.77. The van der Waals surface area contributed by atoms with Gasteiger partial charge >= 0.3 is 0 Å². The molecule has 1 amide bonds. The molecule has 0 heterocycles. The lowest BCUT2D eigenvalue weighted by Gasteiger charge is -2.24. The number of nitrogens with zero attached hydrogens (tertiary/aromatic N) is 1. The molecule has 1 aromatic carbocycles. The van der Waals surface area contributed by atoms with Gasteiger partial charge in [0.05, 0.1) is 0 Å². The molecule has 0 N–H and O–H groups in total. The van der Waals surface area contributed by atoms with Crippen molar-refractivity contribution in [3.63, 3.8) is 0 Å². The first-order valence-corrected chi connectivity index (χ1v) is 7.26. The number of thioether (sulfide) groups is 1. The minimum atomic E-state index is 0.0721. The molecular weight excluding hydrogens is 286 g/mol. The Morgan fingerprint density at radius 1 is 1.56 bits per heavy atom. The summed E-state index contributed by atoms with van der Waals surface area (Å²) >= 11 is 5.12. The second kappa shape index (κ2) is 6.30. The summed E-state index contributed by atoms with van der Waals surface area (Å²) in [6.07, 6.45) is 2.05. The Morgan fingerprint density at radius 3 is 2.81 bits per heavy atom. The molecule has 0 aliphatic heterocycles. The van der Waals surface area contributed by atoms with Crippen molar-refractivity contribution in [2.75, 3.05) is 19.1 Å². The number of rotatable bonds is 4. The number of hydrogen-bond donors (Lipinski definition) is 0. The lowest BCUT2D eigenvalue weighted by molar-refractivity contribution is 0.0757. The fourth-order valence-corrected chi connectivity index (χ4v) is 2.48. The highest BCUT2D eigenvalue weighted by Crippen LogP contribution is 2.14. The van der Waals surface area contributed by atoms with Crippen LogP contribution in [0.25, 0.3) is 0 Å². The summed E-state index contributed by atoms with van der Waals surface area (Å²) in [6, 6.07) is 7.74. The average Bonchev–Trinajstić information content (AvgIpc) is 2.27. The molecule has 4 heteroatoms. The van der Waals surface area contributed by atoms with E-state index in [1.807, 2.05) is 37.6 Å². The highest BCUT2D eigenvalue weighted by Gasteiger charge is 2.16. The van der Waals surface area contributed by atoms with Crippen LogP contribution in [0.5, 0.6) is 0 Å². The Kier molecular flexibility index (Phi) is 5.35. The van der Waals surface area contributed by atoms with Crippen molar-refractivity contribution >= 4 is 33.6 Å². The molecule has 1 aromatic rings. The highest BCUT2D eigenvalue weighted by molar-refractivity contribution is 9.10. The monoisotopic (exact) mass is 301 g/mol. The van der Waals surface area contributed by atoms with Crippen molar-refractivity contribution in [3.8, 4) is 0 Å². The first-order valence-electron chi connectivity index (χ1n) is 5.08. The summed E-state index contributed by atoms with van der Waals surface area (Å²) < 4.78 is 0.935. The van der Waals surface area contributed by atoms with Crippen molar-refractivity contribution in [1.82, 2.24) is 4.90 Å². The van der Waals surface area contributed by atoms with Crippen LogP contribution in [-0.4, -0.2) is 35.9 Å². The van der Waals surface area contributed by atoms with Gasteiger partial charge in [-0.1, -0.05) is 22.0 Å². The maximum Gasteiger partial charge on any atom is 0.253 e. The molecule has 0 aliphatic rings. The van der Waals surface area contributed by atoms with Crippen molar-refractivity contribution in [1.29, 1.82) is 0 Å². The number of hydrogen-bond acceptors (Lipinski definition) is 2. The largest absolute Gasteiger partial charge is 0.338 e. The van der Waals surface area contributed by atoms with E-state index in [4.69, 9.17) is 0 Å². The Bertz CT molecular complexity index is 370. The Balaban J connectivity index is 2.77. The van der Waals surface area contributed by atoms with Crippen LogP contribution in [0.1, 0.15) is 17.3 Å². The molecule has 2 nitrogen and oxygen atoms in total. The van der Waals surface area contributed by atoms with E-state index < -0.39 is 0 Å². The summed E-state index contributed by atoms with van der Waals surface area (Å²) in [6.45, 7) is 2.06. The molecule has 0 spiro atoms. The smallest absolute Gasteiger partial charge is 0.253 e. The van der Waals surface area contributed by atoms with E-state index in [-0.39, 0.29) is 11.9 Å². The average molecular weight is 302 g/mol. The molecule has 1 atom stereocenters. The first-order chi connectivity index (χ1) is 7.56. The molecule has 0 bridgehead atoms. The molecule has 88 valence electrons. The molecule has 0 aromatic heterocycles. The van der Waals surface area contributed by atoms with E-state index >= 15 is 0 Å². The second-order valence-corrected chi connectivity index (χ2v) is 5.56. The van der Waals surface area contributed by atoms with Gasteiger partial charge in [0.1, 0.15) is 0 Å². The van der Waals surface area contributed by atoms with Crippen LogP contribution >= 0.6 is 27.7 Å². The summed E-state index contributed by atoms with van der Waals surface area (Å²) in [7, 11) is 1.85. The maximum atomic E-state index is 12.1. The van der Waals surface area contributed by atoms with Gasteiger partial charge in [0.2, 0.25) is 0 Å². The van der Waals surface area contributed by atoms with Crippen molar-refractivity contribution in [3.05, 3.63) is 34.3 Å². The summed E-state index contributed by atoms with van der Waals surface area (Å²) in [4.78, 5) is 13.9. The molecule has 1 unspecified atom stereocenters. The number of carbonyl (C=O) groups excluding carboxylic acids is 1. The van der Waals surface area contributed by atoms with Crippen LogP contribution in [0.15, 0.2) is 28.7 Å². The highest BCUT2D eigenvalue weighted by atomic mass is 79.9. The third kappa shape index (κ3) is 3.52. The predicted octanol–water partition coefficient (Wildman–Crippen LogP) is 3.27. The fourth-order valence-electron chi connectivity index (χ4n) is 1.38. The van der Waals surface area contributed by atoms with Gasteiger partial charge in [-0.2, -0.15) is 11.8 Å². The van der Waals surface area contributed by atoms with E-state index in [1.54, 1.807) is 16.7 Å². The molecule has 0 saturated heterocycles. The lowest BCUT2D eigenvalue weighted by atomic mass is 10.2. The van der Waals surface area contributed by atoms with Crippen molar-refractivity contribution in [2.24, 2.45) is 0 Å². The summed E-state index contributed by atoms with van der Waals surface area (Å²) in [5.74, 6) is 1.03. The predicted molar refractivity (Wildman–Crippen MR) is 74.1 cm³/mol. The van der Waals surface area contributed by atoms with Gasteiger partial charge in [0.25, 0.3) is 5.91 Å². The van der Waals surface area contributed by atoms with Gasteiger partial charge in [-0.25, -0.2) is 0 Å². The molecule has 0 aliphatic carbocycles. The van der Waals surface area contributed by atoms with Crippen molar-refractivity contribution in [2.45, 2.75) is 13.0 Å². The van der Waals surface area contributed by atoms with Gasteiger partial charge in [-0.05, 0) is 31.4 Å². The minimum absolute atomic E-state index is 0.0721. The maximum absolute atomic E-state index is 12.1. The zero-order valence-corrected chi connectivity index (χ0v) is 12.1. The van der Waals surface area contributed by atoms with Gasteiger partial charge in [-0.15, -0.1) is 0 Å². The van der Waals surface area contributed by atoms with Gasteiger partial charge in [0, 0.05) is 28.9 Å². The minimum Gasteiger partial charge on any atom is -0.338 e. The SMILES string of the molecule is CSCC(C)N(C)C(=O)c1cccc(Br)c1. The lowest BCUT2D eigenvalue weighted by Crippen LogP contribution is -2.36. The summed E-state index contributed by atoms with van der Waals surface area (Å²) in [5, 5.41) is 0. The molecule has 1 rings (SSSR count). The van der Waals surface area contributed by atoms with Gasteiger partial charge in [0.15, 0.2) is 0 Å². The van der Waals surface area contributed by atoms with Crippen LogP contribution in [-0.2, 0) is 0 Å². The topological polar surface area (TPSA) is 20.3 Å². The standard InChI is InChI=1S/C12H16BrNOS/c1-9(8-16-3)14(2)12(15)10-5-4-6-11(13)7-10/h4-7,9H,8H2,1-3H3. The fraction of sp³-hybridized carbons (Fsp3) is 0.417. The van der Waals surface area contributed by atoms with Crippen LogP contribution in [0.3, 0.4) is 0 Å².